The molecule has 1 heterocycles. The number of benzene rings is 1. The van der Waals surface area contributed by atoms with Crippen molar-refractivity contribution in [1.82, 2.24) is 9.97 Å². The number of anilines is 1. The molecule has 2 aromatic rings. The van der Waals surface area contributed by atoms with Gasteiger partial charge in [0, 0.05) is 6.07 Å². The summed E-state index contributed by atoms with van der Waals surface area (Å²) in [5.74, 6) is 0.812. The maximum absolute atomic E-state index is 10.7. The fourth-order valence-electron chi connectivity index (χ4n) is 1.38. The summed E-state index contributed by atoms with van der Waals surface area (Å²) in [5, 5.41) is 10.7. The van der Waals surface area contributed by atoms with Gasteiger partial charge in [-0.05, 0) is 6.07 Å². The molecule has 19 heavy (non-hydrogen) atoms. The van der Waals surface area contributed by atoms with Crippen LogP contribution in [0.25, 0.3) is 0 Å². The van der Waals surface area contributed by atoms with E-state index in [1.54, 1.807) is 0 Å². The van der Waals surface area contributed by atoms with E-state index in [0.29, 0.717) is 5.75 Å². The Morgan fingerprint density at radius 3 is 2.74 bits per heavy atom. The highest BCUT2D eigenvalue weighted by atomic mass is 16.6. The molecule has 2 rings (SSSR count). The van der Waals surface area contributed by atoms with Gasteiger partial charge in [0.25, 0.3) is 5.69 Å². The first-order valence-corrected chi connectivity index (χ1v) is 5.18. The lowest BCUT2D eigenvalue weighted by molar-refractivity contribution is -0.384. The summed E-state index contributed by atoms with van der Waals surface area (Å²) in [6.07, 6.45) is 2.70. The summed E-state index contributed by atoms with van der Waals surface area (Å²) in [7, 11) is 1.43. The Bertz CT molecular complexity index is 617. The molecule has 98 valence electrons. The lowest BCUT2D eigenvalue weighted by Gasteiger charge is -2.09. The van der Waals surface area contributed by atoms with E-state index in [2.05, 4.69) is 9.97 Å². The van der Waals surface area contributed by atoms with Crippen LogP contribution in [0.15, 0.2) is 30.6 Å². The Morgan fingerprint density at radius 1 is 1.32 bits per heavy atom. The standard InChI is InChI=1S/C11H10N4O4/c1-18-8-3-2-7(15(16)17)4-9(8)19-11-6-13-5-10(12)14-11/h2-6H,1H3,(H2,12,14). The lowest BCUT2D eigenvalue weighted by Crippen LogP contribution is -1.97. The number of nitrogens with zero attached hydrogens (tertiary/aromatic N) is 3. The molecule has 0 aliphatic heterocycles. The van der Waals surface area contributed by atoms with Gasteiger partial charge in [-0.1, -0.05) is 0 Å². The van der Waals surface area contributed by atoms with Crippen molar-refractivity contribution in [1.29, 1.82) is 0 Å². The molecule has 1 aromatic heterocycles. The number of ether oxygens (including phenoxy) is 2. The van der Waals surface area contributed by atoms with E-state index < -0.39 is 4.92 Å². The normalized spacial score (nSPS) is 9.95. The van der Waals surface area contributed by atoms with Gasteiger partial charge < -0.3 is 15.2 Å². The van der Waals surface area contributed by atoms with Gasteiger partial charge in [0.15, 0.2) is 11.5 Å². The van der Waals surface area contributed by atoms with Crippen LogP contribution < -0.4 is 15.2 Å². The molecular formula is C11H10N4O4. The average Bonchev–Trinajstić information content (AvgIpc) is 2.38. The first kappa shape index (κ1) is 12.6. The summed E-state index contributed by atoms with van der Waals surface area (Å²) >= 11 is 0. The van der Waals surface area contributed by atoms with Crippen molar-refractivity contribution in [2.24, 2.45) is 0 Å². The fraction of sp³-hybridized carbons (Fsp3) is 0.0909. The third kappa shape index (κ3) is 2.86. The lowest BCUT2D eigenvalue weighted by atomic mass is 10.3. The van der Waals surface area contributed by atoms with E-state index in [1.807, 2.05) is 0 Å². The Hall–Kier alpha value is -2.90. The Kier molecular flexibility index (Phi) is 3.42. The van der Waals surface area contributed by atoms with E-state index in [4.69, 9.17) is 15.2 Å². The zero-order valence-electron chi connectivity index (χ0n) is 9.94. The second-order valence-electron chi connectivity index (χ2n) is 3.48. The van der Waals surface area contributed by atoms with Crippen molar-refractivity contribution in [3.05, 3.63) is 40.7 Å². The summed E-state index contributed by atoms with van der Waals surface area (Å²) < 4.78 is 10.4. The van der Waals surface area contributed by atoms with Gasteiger partial charge in [-0.2, -0.15) is 4.98 Å². The van der Waals surface area contributed by atoms with Gasteiger partial charge in [0.1, 0.15) is 5.82 Å². The highest BCUT2D eigenvalue weighted by Gasteiger charge is 2.13. The number of methoxy groups -OCH3 is 1. The summed E-state index contributed by atoms with van der Waals surface area (Å²) in [4.78, 5) is 17.9. The molecule has 0 saturated heterocycles. The van der Waals surface area contributed by atoms with Crippen molar-refractivity contribution < 1.29 is 14.4 Å². The number of hydrogen-bond acceptors (Lipinski definition) is 7. The van der Waals surface area contributed by atoms with E-state index in [1.165, 1.54) is 37.7 Å². The minimum absolute atomic E-state index is 0.118. The average molecular weight is 262 g/mol. The van der Waals surface area contributed by atoms with E-state index in [9.17, 15) is 10.1 Å². The van der Waals surface area contributed by atoms with Crippen LogP contribution in [0.1, 0.15) is 0 Å². The molecule has 0 spiro atoms. The predicted molar refractivity (Wildman–Crippen MR) is 66.2 cm³/mol. The van der Waals surface area contributed by atoms with Crippen LogP contribution in [-0.2, 0) is 0 Å². The molecule has 0 saturated carbocycles. The van der Waals surface area contributed by atoms with Gasteiger partial charge in [0.2, 0.25) is 5.88 Å². The maximum Gasteiger partial charge on any atom is 0.273 e. The molecule has 0 aliphatic rings. The molecule has 8 nitrogen and oxygen atoms in total. The Morgan fingerprint density at radius 2 is 2.11 bits per heavy atom. The zero-order valence-corrected chi connectivity index (χ0v) is 9.94. The van der Waals surface area contributed by atoms with Crippen molar-refractivity contribution in [3.8, 4) is 17.4 Å². The third-order valence-electron chi connectivity index (χ3n) is 2.20. The van der Waals surface area contributed by atoms with Crippen LogP contribution >= 0.6 is 0 Å². The number of nitrogen functional groups attached to an aromatic ring is 1. The van der Waals surface area contributed by atoms with Gasteiger partial charge in [-0.3, -0.25) is 15.1 Å². The molecule has 0 unspecified atom stereocenters. The summed E-state index contributed by atoms with van der Waals surface area (Å²) in [5.41, 5.74) is 5.35. The summed E-state index contributed by atoms with van der Waals surface area (Å²) in [6, 6.07) is 3.99. The highest BCUT2D eigenvalue weighted by molar-refractivity contribution is 5.49. The van der Waals surface area contributed by atoms with Crippen LogP contribution in [-0.4, -0.2) is 22.0 Å². The Labute approximate surface area is 108 Å². The van der Waals surface area contributed by atoms with Crippen LogP contribution in [0, 0.1) is 10.1 Å². The van der Waals surface area contributed by atoms with Crippen molar-refractivity contribution >= 4 is 11.5 Å². The fourth-order valence-corrected chi connectivity index (χ4v) is 1.38. The highest BCUT2D eigenvalue weighted by Crippen LogP contribution is 2.33. The van der Waals surface area contributed by atoms with Crippen LogP contribution in [0.5, 0.6) is 17.4 Å². The van der Waals surface area contributed by atoms with E-state index >= 15 is 0 Å². The quantitative estimate of drug-likeness (QED) is 0.659. The second kappa shape index (κ2) is 5.17. The van der Waals surface area contributed by atoms with Gasteiger partial charge in [-0.25, -0.2) is 0 Å². The maximum atomic E-state index is 10.7. The predicted octanol–water partition coefficient (Wildman–Crippen LogP) is 1.77. The number of nitrogens with two attached hydrogens (primary N) is 1. The van der Waals surface area contributed by atoms with E-state index in [-0.39, 0.29) is 23.1 Å². The first-order chi connectivity index (χ1) is 9.10. The molecule has 0 amide bonds. The topological polar surface area (TPSA) is 113 Å². The van der Waals surface area contributed by atoms with Crippen molar-refractivity contribution in [3.63, 3.8) is 0 Å². The number of nitro groups is 1. The molecule has 0 fully saturated rings. The molecule has 0 atom stereocenters. The molecule has 2 N–H and O–H groups in total. The van der Waals surface area contributed by atoms with Gasteiger partial charge in [0.05, 0.1) is 30.5 Å². The second-order valence-corrected chi connectivity index (χ2v) is 3.48. The number of nitro benzene ring substituents is 1. The molecule has 8 heteroatoms. The van der Waals surface area contributed by atoms with Gasteiger partial charge in [-0.15, -0.1) is 0 Å². The largest absolute Gasteiger partial charge is 0.493 e. The number of non-ortho nitro benzene ring substituents is 1. The minimum atomic E-state index is -0.530. The molecule has 0 bridgehead atoms. The number of rotatable bonds is 4. The van der Waals surface area contributed by atoms with E-state index in [0.717, 1.165) is 0 Å². The first-order valence-electron chi connectivity index (χ1n) is 5.18. The molecular weight excluding hydrogens is 252 g/mol. The molecule has 0 aliphatic carbocycles. The van der Waals surface area contributed by atoms with Gasteiger partial charge >= 0.3 is 0 Å². The zero-order chi connectivity index (χ0) is 13.8. The number of aromatic nitrogens is 2. The molecule has 0 radical (unpaired) electrons. The molecule has 1 aromatic carbocycles. The van der Waals surface area contributed by atoms with Crippen molar-refractivity contribution in [2.45, 2.75) is 0 Å². The monoisotopic (exact) mass is 262 g/mol. The van der Waals surface area contributed by atoms with Crippen LogP contribution in [0.3, 0.4) is 0 Å². The Balaban J connectivity index is 2.37. The third-order valence-corrected chi connectivity index (χ3v) is 2.20. The smallest absolute Gasteiger partial charge is 0.273 e. The van der Waals surface area contributed by atoms with Crippen molar-refractivity contribution in [2.75, 3.05) is 12.8 Å². The van der Waals surface area contributed by atoms with Crippen LogP contribution in [0.2, 0.25) is 0 Å². The summed E-state index contributed by atoms with van der Waals surface area (Å²) in [6.45, 7) is 0. The minimum Gasteiger partial charge on any atom is -0.493 e. The SMILES string of the molecule is COc1ccc([N+](=O)[O-])cc1Oc1cncc(N)n1. The van der Waals surface area contributed by atoms with Crippen LogP contribution in [0.4, 0.5) is 11.5 Å². The number of hydrogen-bond donors (Lipinski definition) is 1.